The Morgan fingerprint density at radius 2 is 1.71 bits per heavy atom. The lowest BCUT2D eigenvalue weighted by Gasteiger charge is -2.27. The number of carboxylic acids is 2. The van der Waals surface area contributed by atoms with Crippen LogP contribution in [0.3, 0.4) is 0 Å². The number of rotatable bonds is 10. The van der Waals surface area contributed by atoms with E-state index >= 15 is 0 Å². The molecule has 11 nitrogen and oxygen atoms in total. The highest BCUT2D eigenvalue weighted by molar-refractivity contribution is 7.80. The number of amides is 3. The summed E-state index contributed by atoms with van der Waals surface area (Å²) in [5, 5.41) is 22.2. The average Bonchev–Trinajstić information content (AvgIpc) is 3.13. The lowest BCUT2D eigenvalue weighted by Crippen LogP contribution is -2.57. The summed E-state index contributed by atoms with van der Waals surface area (Å²) in [7, 11) is 0. The fraction of sp³-hybridized carbons (Fsp3) is 0.667. The molecule has 4 atom stereocenters. The van der Waals surface area contributed by atoms with Crippen LogP contribution in [0, 0.1) is 0 Å². The largest absolute Gasteiger partial charge is 0.481 e. The summed E-state index contributed by atoms with van der Waals surface area (Å²) in [6, 6.07) is -4.53. The van der Waals surface area contributed by atoms with Crippen LogP contribution in [0.25, 0.3) is 0 Å². The van der Waals surface area contributed by atoms with Crippen molar-refractivity contribution in [3.8, 4) is 0 Å². The van der Waals surface area contributed by atoms with Crippen LogP contribution in [0.15, 0.2) is 0 Å². The highest BCUT2D eigenvalue weighted by atomic mass is 32.1. The number of hydrogen-bond acceptors (Lipinski definition) is 8. The van der Waals surface area contributed by atoms with Crippen LogP contribution in [0.2, 0.25) is 0 Å². The van der Waals surface area contributed by atoms with Gasteiger partial charge in [0.15, 0.2) is 0 Å². The third-order valence-electron chi connectivity index (χ3n) is 4.16. The fourth-order valence-electron chi connectivity index (χ4n) is 2.70. The molecule has 0 aromatic carbocycles. The predicted molar refractivity (Wildman–Crippen MR) is 104 cm³/mol. The van der Waals surface area contributed by atoms with Crippen LogP contribution in [0.4, 0.5) is 0 Å². The van der Waals surface area contributed by atoms with Crippen LogP contribution in [0.5, 0.6) is 0 Å². The zero-order chi connectivity index (χ0) is 21.4. The van der Waals surface area contributed by atoms with E-state index in [0.29, 0.717) is 19.4 Å². The molecule has 158 valence electrons. The van der Waals surface area contributed by atoms with Gasteiger partial charge in [-0.1, -0.05) is 0 Å². The number of nitrogens with two attached hydrogens (primary N) is 1. The molecule has 0 saturated carbocycles. The Labute approximate surface area is 172 Å². The molecule has 4 unspecified atom stereocenters. The van der Waals surface area contributed by atoms with Gasteiger partial charge in [-0.15, -0.1) is 0 Å². The molecule has 1 rings (SSSR count). The van der Waals surface area contributed by atoms with E-state index in [1.54, 1.807) is 0 Å². The first-order chi connectivity index (χ1) is 13.1. The minimum atomic E-state index is -1.65. The number of nitrogens with one attached hydrogen (secondary N) is 2. The van der Waals surface area contributed by atoms with Gasteiger partial charge in [-0.2, -0.15) is 25.3 Å². The van der Waals surface area contributed by atoms with Gasteiger partial charge in [0, 0.05) is 18.1 Å². The monoisotopic (exact) mass is 436 g/mol. The van der Waals surface area contributed by atoms with Crippen LogP contribution < -0.4 is 16.4 Å². The molecule has 1 aliphatic rings. The molecule has 6 N–H and O–H groups in total. The van der Waals surface area contributed by atoms with E-state index < -0.39 is 60.2 Å². The molecule has 0 aromatic heterocycles. The van der Waals surface area contributed by atoms with Gasteiger partial charge in [0.2, 0.25) is 17.7 Å². The van der Waals surface area contributed by atoms with Crippen LogP contribution >= 0.6 is 25.3 Å². The summed E-state index contributed by atoms with van der Waals surface area (Å²) in [6.07, 6.45) is 0.149. The maximum Gasteiger partial charge on any atom is 0.326 e. The Bertz CT molecular complexity index is 634. The Morgan fingerprint density at radius 3 is 2.21 bits per heavy atom. The molecule has 1 heterocycles. The Morgan fingerprint density at radius 1 is 1.07 bits per heavy atom. The van der Waals surface area contributed by atoms with Crippen molar-refractivity contribution in [1.82, 2.24) is 15.5 Å². The van der Waals surface area contributed by atoms with Gasteiger partial charge in [-0.25, -0.2) is 4.79 Å². The summed E-state index contributed by atoms with van der Waals surface area (Å²) in [5.41, 5.74) is 5.68. The van der Waals surface area contributed by atoms with E-state index in [9.17, 15) is 24.0 Å². The lowest BCUT2D eigenvalue weighted by atomic mass is 10.1. The third-order valence-corrected chi connectivity index (χ3v) is 4.92. The lowest BCUT2D eigenvalue weighted by molar-refractivity contribution is -0.147. The number of thiol groups is 2. The quantitative estimate of drug-likeness (QED) is 0.187. The first kappa shape index (κ1) is 24.0. The summed E-state index contributed by atoms with van der Waals surface area (Å²) >= 11 is 7.95. The average molecular weight is 437 g/mol. The van der Waals surface area contributed by atoms with Crippen LogP contribution in [-0.2, 0) is 24.0 Å². The zero-order valence-corrected chi connectivity index (χ0v) is 16.7. The van der Waals surface area contributed by atoms with Gasteiger partial charge >= 0.3 is 11.9 Å². The molecule has 0 aliphatic carbocycles. The number of hydrogen-bond donors (Lipinski definition) is 7. The summed E-state index contributed by atoms with van der Waals surface area (Å²) in [4.78, 5) is 60.2. The van der Waals surface area contributed by atoms with Crippen molar-refractivity contribution in [3.63, 3.8) is 0 Å². The van der Waals surface area contributed by atoms with E-state index in [4.69, 9.17) is 15.9 Å². The van der Waals surface area contributed by atoms with Gasteiger partial charge in [-0.05, 0) is 12.8 Å². The van der Waals surface area contributed by atoms with Crippen molar-refractivity contribution < 1.29 is 34.2 Å². The fourth-order valence-corrected chi connectivity index (χ4v) is 3.12. The second-order valence-corrected chi connectivity index (χ2v) is 6.95. The number of carbonyl (C=O) groups excluding carboxylic acids is 3. The molecule has 1 fully saturated rings. The highest BCUT2D eigenvalue weighted by Crippen LogP contribution is 2.18. The molecule has 13 heteroatoms. The Kier molecular flexibility index (Phi) is 9.55. The van der Waals surface area contributed by atoms with Gasteiger partial charge < -0.3 is 31.5 Å². The molecule has 0 radical (unpaired) electrons. The molecule has 0 bridgehead atoms. The Balaban J connectivity index is 2.78. The van der Waals surface area contributed by atoms with E-state index in [0.717, 1.165) is 0 Å². The van der Waals surface area contributed by atoms with E-state index in [-0.39, 0.29) is 11.5 Å². The smallest absolute Gasteiger partial charge is 0.326 e. The van der Waals surface area contributed by atoms with E-state index in [1.165, 1.54) is 4.90 Å². The van der Waals surface area contributed by atoms with Crippen molar-refractivity contribution in [2.45, 2.75) is 43.4 Å². The molecule has 28 heavy (non-hydrogen) atoms. The first-order valence-corrected chi connectivity index (χ1v) is 9.72. The maximum atomic E-state index is 12.6. The minimum Gasteiger partial charge on any atom is -0.481 e. The molecule has 1 saturated heterocycles. The standard InChI is InChI=1S/C15H24N4O7S2/c16-7(5-27)14(24)19-3-1-2-10(19)13(23)18-9(6-28)12(22)17-8(15(25)26)4-11(20)21/h7-10,27-28H,1-6,16H2,(H,17,22)(H,18,23)(H,20,21)(H,25,26). The second-order valence-electron chi connectivity index (χ2n) is 6.22. The summed E-state index contributed by atoms with van der Waals surface area (Å²) in [6.45, 7) is 0.343. The van der Waals surface area contributed by atoms with Crippen molar-refractivity contribution in [3.05, 3.63) is 0 Å². The van der Waals surface area contributed by atoms with Crippen molar-refractivity contribution >= 4 is 54.9 Å². The highest BCUT2D eigenvalue weighted by Gasteiger charge is 2.37. The van der Waals surface area contributed by atoms with Gasteiger partial charge in [0.1, 0.15) is 18.1 Å². The molecular formula is C15H24N4O7S2. The molecule has 0 aromatic rings. The molecular weight excluding hydrogens is 412 g/mol. The van der Waals surface area contributed by atoms with Gasteiger partial charge in [0.25, 0.3) is 0 Å². The predicted octanol–water partition coefficient (Wildman–Crippen LogP) is -2.31. The van der Waals surface area contributed by atoms with Crippen molar-refractivity contribution in [1.29, 1.82) is 0 Å². The van der Waals surface area contributed by atoms with Crippen LogP contribution in [-0.4, -0.2) is 87.0 Å². The molecule has 3 amide bonds. The van der Waals surface area contributed by atoms with Crippen molar-refractivity contribution in [2.24, 2.45) is 5.73 Å². The number of aliphatic carboxylic acids is 2. The summed E-state index contributed by atoms with van der Waals surface area (Å²) in [5.74, 6) is -4.88. The number of nitrogens with zero attached hydrogens (tertiary/aromatic N) is 1. The second kappa shape index (κ2) is 11.1. The molecule has 1 aliphatic heterocycles. The first-order valence-electron chi connectivity index (χ1n) is 8.45. The third kappa shape index (κ3) is 6.56. The number of carboxylic acid groups (broad SMARTS) is 2. The number of carbonyl (C=O) groups is 5. The summed E-state index contributed by atoms with van der Waals surface area (Å²) < 4.78 is 0. The van der Waals surface area contributed by atoms with Gasteiger partial charge in [0.05, 0.1) is 12.5 Å². The maximum absolute atomic E-state index is 12.6. The van der Waals surface area contributed by atoms with Gasteiger partial charge in [-0.3, -0.25) is 19.2 Å². The van der Waals surface area contributed by atoms with Crippen molar-refractivity contribution in [2.75, 3.05) is 18.1 Å². The minimum absolute atomic E-state index is 0.117. The number of likely N-dealkylation sites (tertiary alicyclic amines) is 1. The Hall–Kier alpha value is -1.99. The van der Waals surface area contributed by atoms with E-state index in [2.05, 4.69) is 35.9 Å². The topological polar surface area (TPSA) is 179 Å². The normalized spacial score (nSPS) is 19.4. The van der Waals surface area contributed by atoms with Crippen LogP contribution in [0.1, 0.15) is 19.3 Å². The molecule has 0 spiro atoms. The zero-order valence-electron chi connectivity index (χ0n) is 14.9. The SMILES string of the molecule is NC(CS)C(=O)N1CCCC1C(=O)NC(CS)C(=O)NC(CC(=O)O)C(=O)O. The van der Waals surface area contributed by atoms with E-state index in [1.807, 2.05) is 0 Å².